The van der Waals surface area contributed by atoms with E-state index in [0.29, 0.717) is 59.3 Å². The van der Waals surface area contributed by atoms with Gasteiger partial charge in [-0.3, -0.25) is 9.89 Å². The van der Waals surface area contributed by atoms with Crippen molar-refractivity contribution in [3.05, 3.63) is 107 Å². The summed E-state index contributed by atoms with van der Waals surface area (Å²) in [5.74, 6) is -1.27. The molecule has 0 bridgehead atoms. The molecule has 43 heavy (non-hydrogen) atoms. The molecular weight excluding hydrogens is 567 g/mol. The highest BCUT2D eigenvalue weighted by atomic mass is 19.4. The molecule has 0 atom stereocenters. The highest BCUT2D eigenvalue weighted by Crippen LogP contribution is 2.39. The van der Waals surface area contributed by atoms with E-state index < -0.39 is 23.5 Å². The number of aromatic nitrogens is 2. The van der Waals surface area contributed by atoms with Crippen LogP contribution >= 0.6 is 0 Å². The number of carbonyl (C=O) groups excluding carboxylic acids is 1. The SMILES string of the molecule is CCC(=C(c1ccc(OCCNCC=CC(=O)N(C)C)cc1)c1ccc2[nH]nc(F)c2c1)c1cc(F)cc(C(F)(F)F)c1. The van der Waals surface area contributed by atoms with Gasteiger partial charge in [-0.05, 0) is 76.7 Å². The Kier molecular flexibility index (Phi) is 9.97. The topological polar surface area (TPSA) is 70.2 Å². The average molecular weight is 599 g/mol. The van der Waals surface area contributed by atoms with Gasteiger partial charge in [0.15, 0.2) is 0 Å². The van der Waals surface area contributed by atoms with Crippen LogP contribution in [0.3, 0.4) is 0 Å². The molecule has 0 saturated carbocycles. The smallest absolute Gasteiger partial charge is 0.416 e. The number of hydrogen-bond acceptors (Lipinski definition) is 4. The minimum Gasteiger partial charge on any atom is -0.492 e. The van der Waals surface area contributed by atoms with Gasteiger partial charge in [0, 0.05) is 33.3 Å². The van der Waals surface area contributed by atoms with Crippen molar-refractivity contribution in [1.29, 1.82) is 0 Å². The van der Waals surface area contributed by atoms with Crippen LogP contribution in [0, 0.1) is 11.8 Å². The van der Waals surface area contributed by atoms with Gasteiger partial charge in [-0.25, -0.2) is 4.39 Å². The van der Waals surface area contributed by atoms with Gasteiger partial charge >= 0.3 is 6.18 Å². The molecule has 0 spiro atoms. The Hall–Kier alpha value is -4.51. The van der Waals surface area contributed by atoms with Crippen LogP contribution in [0.1, 0.15) is 35.6 Å². The van der Waals surface area contributed by atoms with E-state index in [1.807, 2.05) is 0 Å². The van der Waals surface area contributed by atoms with E-state index in [9.17, 15) is 26.7 Å². The summed E-state index contributed by atoms with van der Waals surface area (Å²) in [5.41, 5.74) is 1.57. The molecule has 0 saturated heterocycles. The molecule has 1 aromatic heterocycles. The highest BCUT2D eigenvalue weighted by molar-refractivity contribution is 6.00. The lowest BCUT2D eigenvalue weighted by Crippen LogP contribution is -2.22. The van der Waals surface area contributed by atoms with Crippen LogP contribution in [-0.2, 0) is 11.0 Å². The summed E-state index contributed by atoms with van der Waals surface area (Å²) < 4.78 is 75.4. The summed E-state index contributed by atoms with van der Waals surface area (Å²) >= 11 is 0. The van der Waals surface area contributed by atoms with Gasteiger partial charge < -0.3 is 15.0 Å². The third-order valence-electron chi connectivity index (χ3n) is 6.69. The largest absolute Gasteiger partial charge is 0.492 e. The van der Waals surface area contributed by atoms with Gasteiger partial charge in [-0.1, -0.05) is 31.2 Å². The summed E-state index contributed by atoms with van der Waals surface area (Å²) in [6, 6.07) is 14.3. The molecule has 226 valence electrons. The van der Waals surface area contributed by atoms with Crippen LogP contribution in [-0.4, -0.2) is 54.8 Å². The van der Waals surface area contributed by atoms with Crippen LogP contribution in [0.25, 0.3) is 22.0 Å². The average Bonchev–Trinajstić information content (AvgIpc) is 3.34. The van der Waals surface area contributed by atoms with Crippen molar-refractivity contribution in [2.75, 3.05) is 33.8 Å². The number of nitrogens with one attached hydrogen (secondary N) is 2. The number of aromatic amines is 1. The lowest BCUT2D eigenvalue weighted by atomic mass is 9.87. The van der Waals surface area contributed by atoms with E-state index in [1.165, 1.54) is 11.0 Å². The van der Waals surface area contributed by atoms with Crippen molar-refractivity contribution >= 4 is 28.0 Å². The normalized spacial score (nSPS) is 12.6. The molecule has 0 aliphatic carbocycles. The molecule has 2 N–H and O–H groups in total. The maximum absolute atomic E-state index is 14.5. The van der Waals surface area contributed by atoms with Crippen LogP contribution in [0.2, 0.25) is 0 Å². The van der Waals surface area contributed by atoms with Crippen LogP contribution < -0.4 is 10.1 Å². The number of nitrogens with zero attached hydrogens (tertiary/aromatic N) is 2. The van der Waals surface area contributed by atoms with Gasteiger partial charge in [0.2, 0.25) is 11.9 Å². The zero-order chi connectivity index (χ0) is 31.1. The summed E-state index contributed by atoms with van der Waals surface area (Å²) in [4.78, 5) is 13.0. The quantitative estimate of drug-likeness (QED) is 0.0859. The lowest BCUT2D eigenvalue weighted by Gasteiger charge is -2.18. The van der Waals surface area contributed by atoms with E-state index in [2.05, 4.69) is 15.5 Å². The number of hydrogen-bond donors (Lipinski definition) is 2. The van der Waals surface area contributed by atoms with E-state index >= 15 is 0 Å². The highest BCUT2D eigenvalue weighted by Gasteiger charge is 2.32. The first-order chi connectivity index (χ1) is 20.5. The predicted molar refractivity (Wildman–Crippen MR) is 156 cm³/mol. The number of carbonyl (C=O) groups is 1. The predicted octanol–water partition coefficient (Wildman–Crippen LogP) is 6.84. The maximum atomic E-state index is 14.5. The fourth-order valence-corrected chi connectivity index (χ4v) is 4.56. The molecule has 0 aliphatic heterocycles. The molecule has 0 aliphatic rings. The van der Waals surface area contributed by atoms with Crippen molar-refractivity contribution in [2.45, 2.75) is 19.5 Å². The molecule has 1 amide bonds. The molecule has 11 heteroatoms. The zero-order valence-corrected chi connectivity index (χ0v) is 23.9. The summed E-state index contributed by atoms with van der Waals surface area (Å²) in [7, 11) is 3.34. The summed E-state index contributed by atoms with van der Waals surface area (Å²) in [6.45, 7) is 3.12. The molecule has 0 unspecified atom stereocenters. The van der Waals surface area contributed by atoms with E-state index in [0.717, 1.165) is 12.1 Å². The van der Waals surface area contributed by atoms with Crippen LogP contribution in [0.4, 0.5) is 22.0 Å². The second-order valence-electron chi connectivity index (χ2n) is 9.92. The summed E-state index contributed by atoms with van der Waals surface area (Å²) in [6.07, 6.45) is -1.27. The number of likely N-dealkylation sites (N-methyl/N-ethyl adjacent to an activating group) is 1. The number of ether oxygens (including phenoxy) is 1. The fraction of sp³-hybridized carbons (Fsp3) is 0.250. The van der Waals surface area contributed by atoms with Gasteiger partial charge in [-0.15, -0.1) is 5.10 Å². The molecule has 4 aromatic rings. The number of benzene rings is 3. The molecule has 1 heterocycles. The number of halogens is 5. The molecule has 0 radical (unpaired) electrons. The second-order valence-corrected chi connectivity index (χ2v) is 9.92. The third kappa shape index (κ3) is 7.86. The van der Waals surface area contributed by atoms with Gasteiger partial charge in [0.05, 0.1) is 16.5 Å². The van der Waals surface area contributed by atoms with Gasteiger partial charge in [-0.2, -0.15) is 17.6 Å². The van der Waals surface area contributed by atoms with E-state index in [4.69, 9.17) is 4.74 Å². The Morgan fingerprint density at radius 3 is 2.40 bits per heavy atom. The minimum atomic E-state index is -4.73. The van der Waals surface area contributed by atoms with Gasteiger partial charge in [0.1, 0.15) is 18.2 Å². The fourth-order valence-electron chi connectivity index (χ4n) is 4.56. The van der Waals surface area contributed by atoms with Crippen molar-refractivity contribution in [1.82, 2.24) is 20.4 Å². The Morgan fingerprint density at radius 1 is 1.00 bits per heavy atom. The Labute approximate surface area is 245 Å². The first-order valence-corrected chi connectivity index (χ1v) is 13.5. The summed E-state index contributed by atoms with van der Waals surface area (Å²) in [5, 5.41) is 9.55. The zero-order valence-electron chi connectivity index (χ0n) is 23.9. The van der Waals surface area contributed by atoms with Crippen molar-refractivity contribution in [3.8, 4) is 5.75 Å². The first kappa shape index (κ1) is 31.4. The molecule has 0 fully saturated rings. The monoisotopic (exact) mass is 598 g/mol. The van der Waals surface area contributed by atoms with E-state index in [-0.39, 0.29) is 23.3 Å². The van der Waals surface area contributed by atoms with Crippen molar-refractivity contribution < 1.29 is 31.5 Å². The number of rotatable bonds is 11. The first-order valence-electron chi connectivity index (χ1n) is 13.5. The standard InChI is InChI=1S/C32H31F5N4O2/c1-4-26(22-16-23(32(35,36)37)19-24(33)17-22)30(21-9-12-28-27(18-21)31(34)40-39-28)20-7-10-25(11-8-20)43-15-14-38-13-5-6-29(42)41(2)3/h5-12,16-19,38H,4,13-15H2,1-3H3,(H,39,40). The number of alkyl halides is 3. The molecule has 4 rings (SSSR count). The number of amides is 1. The molecular formula is C32H31F5N4O2. The Bertz CT molecular complexity index is 1640. The van der Waals surface area contributed by atoms with Crippen LogP contribution in [0.5, 0.6) is 5.75 Å². The number of allylic oxidation sites excluding steroid dienone is 1. The second kappa shape index (κ2) is 13.6. The molecule has 3 aromatic carbocycles. The third-order valence-corrected chi connectivity index (χ3v) is 6.69. The Balaban J connectivity index is 1.64. The maximum Gasteiger partial charge on any atom is 0.416 e. The van der Waals surface area contributed by atoms with Crippen LogP contribution in [0.15, 0.2) is 72.8 Å². The van der Waals surface area contributed by atoms with Crippen molar-refractivity contribution in [3.63, 3.8) is 0 Å². The minimum absolute atomic E-state index is 0.0744. The lowest BCUT2D eigenvalue weighted by molar-refractivity contribution is -0.137. The van der Waals surface area contributed by atoms with Crippen molar-refractivity contribution in [2.24, 2.45) is 0 Å². The number of fused-ring (bicyclic) bond motifs is 1. The molecule has 6 nitrogen and oxygen atoms in total. The van der Waals surface area contributed by atoms with E-state index in [1.54, 1.807) is 69.6 Å². The number of H-pyrrole nitrogens is 1. The van der Waals surface area contributed by atoms with Gasteiger partial charge in [0.25, 0.3) is 0 Å². The Morgan fingerprint density at radius 2 is 1.72 bits per heavy atom.